The van der Waals surface area contributed by atoms with E-state index in [2.05, 4.69) is 10.1 Å². The van der Waals surface area contributed by atoms with E-state index in [1.165, 1.54) is 0 Å². The summed E-state index contributed by atoms with van der Waals surface area (Å²) in [5.74, 6) is 0.418. The average molecular weight is 350 g/mol. The van der Waals surface area contributed by atoms with Gasteiger partial charge >= 0.3 is 5.97 Å². The monoisotopic (exact) mass is 349 g/mol. The molecule has 3 rings (SSSR count). The van der Waals surface area contributed by atoms with Crippen molar-refractivity contribution in [2.75, 3.05) is 6.61 Å². The number of hydrogen-bond acceptors (Lipinski definition) is 6. The number of benzene rings is 1. The minimum Gasteiger partial charge on any atom is -0.454 e. The molecule has 2 aromatic heterocycles. The van der Waals surface area contributed by atoms with E-state index in [1.807, 2.05) is 0 Å². The predicted octanol–water partition coefficient (Wildman–Crippen LogP) is 2.64. The van der Waals surface area contributed by atoms with E-state index in [0.29, 0.717) is 34.4 Å². The Morgan fingerprint density at radius 2 is 2.21 bits per heavy atom. The molecule has 2 heterocycles. The van der Waals surface area contributed by atoms with Gasteiger partial charge in [0.05, 0.1) is 23.3 Å². The van der Waals surface area contributed by atoms with Crippen molar-refractivity contribution in [2.24, 2.45) is 0 Å². The standard InChI is InChI=1S/C16H16ClN3O4/c1-9-15(10(2)24-19-9)16(22)23-8-14-18-12-4-3-11(17)7-13(12)20(14)5-6-21/h3-4,7,21H,5-6,8H2,1-2H3. The van der Waals surface area contributed by atoms with Gasteiger partial charge in [0.15, 0.2) is 0 Å². The van der Waals surface area contributed by atoms with Crippen molar-refractivity contribution < 1.29 is 19.2 Å². The first-order chi connectivity index (χ1) is 11.5. The van der Waals surface area contributed by atoms with Gasteiger partial charge in [-0.25, -0.2) is 9.78 Å². The van der Waals surface area contributed by atoms with Crippen LogP contribution in [0.2, 0.25) is 5.02 Å². The molecule has 0 atom stereocenters. The van der Waals surface area contributed by atoms with E-state index in [1.54, 1.807) is 36.6 Å². The Morgan fingerprint density at radius 1 is 1.42 bits per heavy atom. The van der Waals surface area contributed by atoms with Gasteiger partial charge in [0, 0.05) is 11.6 Å². The first-order valence-corrected chi connectivity index (χ1v) is 7.74. The molecule has 0 amide bonds. The number of fused-ring (bicyclic) bond motifs is 1. The molecule has 0 aliphatic rings. The van der Waals surface area contributed by atoms with Crippen molar-refractivity contribution in [2.45, 2.75) is 27.0 Å². The molecule has 0 aliphatic carbocycles. The smallest absolute Gasteiger partial charge is 0.344 e. The second-order valence-electron chi connectivity index (χ2n) is 5.31. The number of carbonyl (C=O) groups is 1. The molecule has 0 fully saturated rings. The number of aromatic nitrogens is 3. The molecule has 1 aromatic carbocycles. The number of imidazole rings is 1. The summed E-state index contributed by atoms with van der Waals surface area (Å²) >= 11 is 6.02. The van der Waals surface area contributed by atoms with Crippen LogP contribution in [0.5, 0.6) is 0 Å². The summed E-state index contributed by atoms with van der Waals surface area (Å²) in [6.45, 7) is 3.56. The summed E-state index contributed by atoms with van der Waals surface area (Å²) in [5.41, 5.74) is 2.30. The Labute approximate surface area is 142 Å². The minimum absolute atomic E-state index is 0.0325. The Hall–Kier alpha value is -2.38. The van der Waals surface area contributed by atoms with Gasteiger partial charge in [-0.15, -0.1) is 0 Å². The second-order valence-corrected chi connectivity index (χ2v) is 5.75. The van der Waals surface area contributed by atoms with Gasteiger partial charge in [-0.05, 0) is 32.0 Å². The van der Waals surface area contributed by atoms with E-state index in [9.17, 15) is 9.90 Å². The van der Waals surface area contributed by atoms with Crippen LogP contribution in [-0.2, 0) is 17.9 Å². The summed E-state index contributed by atoms with van der Waals surface area (Å²) in [4.78, 5) is 16.7. The molecule has 0 saturated heterocycles. The largest absolute Gasteiger partial charge is 0.454 e. The highest BCUT2D eigenvalue weighted by Crippen LogP contribution is 2.22. The Bertz CT molecular complexity index is 881. The lowest BCUT2D eigenvalue weighted by Crippen LogP contribution is -2.12. The summed E-state index contributed by atoms with van der Waals surface area (Å²) < 4.78 is 12.1. The third-order valence-corrected chi connectivity index (χ3v) is 3.92. The van der Waals surface area contributed by atoms with Crippen LogP contribution < -0.4 is 0 Å². The maximum Gasteiger partial charge on any atom is 0.344 e. The summed E-state index contributed by atoms with van der Waals surface area (Å²) in [6.07, 6.45) is 0. The molecule has 0 saturated carbocycles. The minimum atomic E-state index is -0.521. The van der Waals surface area contributed by atoms with Gasteiger partial charge in [0.1, 0.15) is 23.8 Å². The van der Waals surface area contributed by atoms with Crippen LogP contribution in [0.25, 0.3) is 11.0 Å². The molecule has 1 N–H and O–H groups in total. The molecule has 8 heteroatoms. The number of nitrogens with zero attached hydrogens (tertiary/aromatic N) is 3. The topological polar surface area (TPSA) is 90.4 Å². The molecular weight excluding hydrogens is 334 g/mol. The predicted molar refractivity (Wildman–Crippen MR) is 86.9 cm³/mol. The van der Waals surface area contributed by atoms with Crippen LogP contribution >= 0.6 is 11.6 Å². The Balaban J connectivity index is 1.87. The molecule has 3 aromatic rings. The fraction of sp³-hybridized carbons (Fsp3) is 0.312. The van der Waals surface area contributed by atoms with Crippen LogP contribution in [-0.4, -0.2) is 32.4 Å². The summed E-state index contributed by atoms with van der Waals surface area (Å²) in [5, 5.41) is 13.6. The summed E-state index contributed by atoms with van der Waals surface area (Å²) in [7, 11) is 0. The normalized spacial score (nSPS) is 11.2. The average Bonchev–Trinajstić information content (AvgIpc) is 3.06. The van der Waals surface area contributed by atoms with E-state index < -0.39 is 5.97 Å². The van der Waals surface area contributed by atoms with Gasteiger partial charge in [-0.3, -0.25) is 0 Å². The number of halogens is 1. The number of aliphatic hydroxyl groups excluding tert-OH is 1. The molecule has 0 bridgehead atoms. The lowest BCUT2D eigenvalue weighted by molar-refractivity contribution is 0.0455. The molecular formula is C16H16ClN3O4. The van der Waals surface area contributed by atoms with Crippen LogP contribution in [0.15, 0.2) is 22.7 Å². The fourth-order valence-electron chi connectivity index (χ4n) is 2.58. The van der Waals surface area contributed by atoms with E-state index in [0.717, 1.165) is 11.0 Å². The van der Waals surface area contributed by atoms with Gasteiger partial charge in [-0.2, -0.15) is 0 Å². The first-order valence-electron chi connectivity index (χ1n) is 7.36. The number of carbonyl (C=O) groups excluding carboxylic acids is 1. The summed E-state index contributed by atoms with van der Waals surface area (Å²) in [6, 6.07) is 5.28. The fourth-order valence-corrected chi connectivity index (χ4v) is 2.75. The van der Waals surface area contributed by atoms with E-state index in [-0.39, 0.29) is 13.2 Å². The van der Waals surface area contributed by atoms with Gasteiger partial charge in [0.2, 0.25) is 0 Å². The number of hydrogen-bond donors (Lipinski definition) is 1. The molecule has 0 aliphatic heterocycles. The second kappa shape index (κ2) is 6.62. The third-order valence-electron chi connectivity index (χ3n) is 3.68. The maximum absolute atomic E-state index is 12.2. The van der Waals surface area contributed by atoms with Crippen LogP contribution in [0.4, 0.5) is 0 Å². The van der Waals surface area contributed by atoms with Crippen molar-refractivity contribution in [1.82, 2.24) is 14.7 Å². The Kier molecular flexibility index (Phi) is 4.55. The third kappa shape index (κ3) is 3.00. The number of ether oxygens (including phenoxy) is 1. The molecule has 24 heavy (non-hydrogen) atoms. The SMILES string of the molecule is Cc1noc(C)c1C(=O)OCc1nc2ccc(Cl)cc2n1CCO. The zero-order valence-electron chi connectivity index (χ0n) is 13.2. The van der Waals surface area contributed by atoms with Gasteiger partial charge in [0.25, 0.3) is 0 Å². The molecule has 0 radical (unpaired) electrons. The highest BCUT2D eigenvalue weighted by molar-refractivity contribution is 6.31. The number of esters is 1. The highest BCUT2D eigenvalue weighted by Gasteiger charge is 2.20. The van der Waals surface area contributed by atoms with Crippen molar-refractivity contribution in [3.8, 4) is 0 Å². The maximum atomic E-state index is 12.2. The molecule has 0 spiro atoms. The van der Waals surface area contributed by atoms with Crippen molar-refractivity contribution in [3.05, 3.63) is 46.1 Å². The van der Waals surface area contributed by atoms with Crippen LogP contribution in [0.1, 0.15) is 27.6 Å². The van der Waals surface area contributed by atoms with E-state index >= 15 is 0 Å². The van der Waals surface area contributed by atoms with Gasteiger partial charge in [-0.1, -0.05) is 16.8 Å². The van der Waals surface area contributed by atoms with Crippen molar-refractivity contribution >= 4 is 28.6 Å². The Morgan fingerprint density at radius 3 is 2.88 bits per heavy atom. The first kappa shape index (κ1) is 16.5. The van der Waals surface area contributed by atoms with Crippen LogP contribution in [0.3, 0.4) is 0 Å². The zero-order valence-corrected chi connectivity index (χ0v) is 14.0. The lowest BCUT2D eigenvalue weighted by Gasteiger charge is -2.08. The zero-order chi connectivity index (χ0) is 17.3. The lowest BCUT2D eigenvalue weighted by atomic mass is 10.2. The molecule has 126 valence electrons. The number of aryl methyl sites for hydroxylation is 2. The van der Waals surface area contributed by atoms with Crippen LogP contribution in [0, 0.1) is 13.8 Å². The quantitative estimate of drug-likeness (QED) is 0.712. The number of aliphatic hydroxyl groups is 1. The van der Waals surface area contributed by atoms with Gasteiger partial charge < -0.3 is 18.9 Å². The van der Waals surface area contributed by atoms with Crippen molar-refractivity contribution in [3.63, 3.8) is 0 Å². The molecule has 0 unspecified atom stereocenters. The molecule has 7 nitrogen and oxygen atoms in total. The van der Waals surface area contributed by atoms with Crippen molar-refractivity contribution in [1.29, 1.82) is 0 Å². The number of rotatable bonds is 5. The highest BCUT2D eigenvalue weighted by atomic mass is 35.5. The van der Waals surface area contributed by atoms with E-state index in [4.69, 9.17) is 20.9 Å².